The van der Waals surface area contributed by atoms with Crippen LogP contribution < -0.4 is 5.84 Å². The monoisotopic (exact) mass is 140 g/mol. The van der Waals surface area contributed by atoms with Crippen LogP contribution in [0.5, 0.6) is 0 Å². The Morgan fingerprint density at radius 1 is 1.30 bits per heavy atom. The lowest BCUT2D eigenvalue weighted by Crippen LogP contribution is -2.16. The highest BCUT2D eigenvalue weighted by molar-refractivity contribution is 5.84. The molecule has 10 heavy (non-hydrogen) atoms. The molecule has 1 fully saturated rings. The summed E-state index contributed by atoms with van der Waals surface area (Å²) in [7, 11) is 0. The smallest absolute Gasteiger partial charge is 0.0375 e. The molecule has 0 aliphatic heterocycles. The largest absolute Gasteiger partial charge is 0.323 e. The Kier molecular flexibility index (Phi) is 2.72. The van der Waals surface area contributed by atoms with Gasteiger partial charge in [0.2, 0.25) is 0 Å². The molecule has 0 radical (unpaired) electrons. The van der Waals surface area contributed by atoms with Crippen molar-refractivity contribution in [2.24, 2.45) is 16.9 Å². The van der Waals surface area contributed by atoms with E-state index in [0.717, 1.165) is 5.71 Å². The minimum Gasteiger partial charge on any atom is -0.323 e. The highest BCUT2D eigenvalue weighted by Gasteiger charge is 2.15. The minimum absolute atomic E-state index is 0.693. The molecular formula is C8H16N2. The van der Waals surface area contributed by atoms with Crippen molar-refractivity contribution in [3.05, 3.63) is 0 Å². The summed E-state index contributed by atoms with van der Waals surface area (Å²) in [6, 6.07) is 0. The molecule has 0 saturated heterocycles. The summed E-state index contributed by atoms with van der Waals surface area (Å²) in [6.45, 7) is 2.04. The van der Waals surface area contributed by atoms with Crippen LogP contribution in [0.25, 0.3) is 0 Å². The number of rotatable bonds is 1. The van der Waals surface area contributed by atoms with Crippen molar-refractivity contribution in [3.8, 4) is 0 Å². The maximum Gasteiger partial charge on any atom is 0.0375 e. The second kappa shape index (κ2) is 3.59. The zero-order valence-electron chi connectivity index (χ0n) is 6.64. The molecule has 0 aromatic rings. The normalized spacial score (nSPS) is 23.1. The van der Waals surface area contributed by atoms with Gasteiger partial charge in [0.15, 0.2) is 0 Å². The molecule has 0 amide bonds. The van der Waals surface area contributed by atoms with E-state index in [9.17, 15) is 0 Å². The molecule has 0 bridgehead atoms. The van der Waals surface area contributed by atoms with E-state index >= 15 is 0 Å². The third kappa shape index (κ3) is 1.72. The average Bonchev–Trinajstić information content (AvgIpc) is 2.05. The van der Waals surface area contributed by atoms with Crippen LogP contribution in [0.2, 0.25) is 0 Å². The molecule has 1 rings (SSSR count). The molecule has 58 valence electrons. The summed E-state index contributed by atoms with van der Waals surface area (Å²) >= 11 is 0. The summed E-state index contributed by atoms with van der Waals surface area (Å²) in [6.07, 6.45) is 6.71. The van der Waals surface area contributed by atoms with Crippen LogP contribution >= 0.6 is 0 Å². The predicted octanol–water partition coefficient (Wildman–Crippen LogP) is 1.90. The van der Waals surface area contributed by atoms with Crippen LogP contribution in [0.15, 0.2) is 5.10 Å². The van der Waals surface area contributed by atoms with Crippen LogP contribution in [-0.4, -0.2) is 5.71 Å². The van der Waals surface area contributed by atoms with Gasteiger partial charge in [0, 0.05) is 5.71 Å². The Hall–Kier alpha value is -0.530. The Morgan fingerprint density at radius 2 is 1.90 bits per heavy atom. The second-order valence-electron chi connectivity index (χ2n) is 3.11. The number of hydrogen-bond donors (Lipinski definition) is 1. The van der Waals surface area contributed by atoms with Crippen LogP contribution in [0.4, 0.5) is 0 Å². The van der Waals surface area contributed by atoms with E-state index in [-0.39, 0.29) is 0 Å². The van der Waals surface area contributed by atoms with Crippen LogP contribution in [-0.2, 0) is 0 Å². The first-order valence-corrected chi connectivity index (χ1v) is 4.09. The highest BCUT2D eigenvalue weighted by atomic mass is 15.1. The average molecular weight is 140 g/mol. The molecule has 2 nitrogen and oxygen atoms in total. The molecule has 0 atom stereocenters. The maximum absolute atomic E-state index is 5.19. The maximum atomic E-state index is 5.19. The fourth-order valence-corrected chi connectivity index (χ4v) is 1.63. The Bertz CT molecular complexity index is 123. The number of nitrogens with two attached hydrogens (primary N) is 1. The molecule has 0 aromatic heterocycles. The summed E-state index contributed by atoms with van der Waals surface area (Å²) in [5.74, 6) is 5.88. The first kappa shape index (κ1) is 7.58. The van der Waals surface area contributed by atoms with Gasteiger partial charge in [0.1, 0.15) is 0 Å². The van der Waals surface area contributed by atoms with Crippen molar-refractivity contribution >= 4 is 5.71 Å². The van der Waals surface area contributed by atoms with Gasteiger partial charge in [-0.3, -0.25) is 0 Å². The van der Waals surface area contributed by atoms with Gasteiger partial charge in [-0.1, -0.05) is 19.3 Å². The SMILES string of the molecule is C/C(=N/N)C1CCCCC1. The van der Waals surface area contributed by atoms with Crippen molar-refractivity contribution in [2.75, 3.05) is 0 Å². The van der Waals surface area contributed by atoms with E-state index in [1.54, 1.807) is 0 Å². The molecule has 0 aromatic carbocycles. The van der Waals surface area contributed by atoms with E-state index in [0.29, 0.717) is 5.92 Å². The van der Waals surface area contributed by atoms with Gasteiger partial charge in [-0.05, 0) is 25.7 Å². The van der Waals surface area contributed by atoms with Crippen molar-refractivity contribution in [2.45, 2.75) is 39.0 Å². The van der Waals surface area contributed by atoms with Crippen molar-refractivity contribution < 1.29 is 0 Å². The van der Waals surface area contributed by atoms with E-state index in [2.05, 4.69) is 5.10 Å². The van der Waals surface area contributed by atoms with Gasteiger partial charge >= 0.3 is 0 Å². The number of hydrogen-bond acceptors (Lipinski definition) is 2. The molecule has 1 aliphatic carbocycles. The van der Waals surface area contributed by atoms with Crippen LogP contribution in [0.1, 0.15) is 39.0 Å². The first-order valence-electron chi connectivity index (χ1n) is 4.09. The summed E-state index contributed by atoms with van der Waals surface area (Å²) < 4.78 is 0. The standard InChI is InChI=1S/C8H16N2/c1-7(10-9)8-5-3-2-4-6-8/h8H,2-6,9H2,1H3/b10-7-. The number of hydrazone groups is 1. The van der Waals surface area contributed by atoms with Crippen LogP contribution in [0.3, 0.4) is 0 Å². The fourth-order valence-electron chi connectivity index (χ4n) is 1.63. The minimum atomic E-state index is 0.693. The molecular weight excluding hydrogens is 124 g/mol. The third-order valence-corrected chi connectivity index (χ3v) is 2.40. The van der Waals surface area contributed by atoms with Gasteiger partial charge in [-0.15, -0.1) is 0 Å². The Labute approximate surface area is 62.5 Å². The van der Waals surface area contributed by atoms with Crippen LogP contribution in [0, 0.1) is 5.92 Å². The van der Waals surface area contributed by atoms with Crippen molar-refractivity contribution in [3.63, 3.8) is 0 Å². The molecule has 1 aliphatic rings. The summed E-state index contributed by atoms with van der Waals surface area (Å²) in [4.78, 5) is 0. The summed E-state index contributed by atoms with van der Waals surface area (Å²) in [5, 5.41) is 3.73. The zero-order valence-corrected chi connectivity index (χ0v) is 6.64. The topological polar surface area (TPSA) is 38.4 Å². The Morgan fingerprint density at radius 3 is 2.40 bits per heavy atom. The van der Waals surface area contributed by atoms with Crippen molar-refractivity contribution in [1.82, 2.24) is 0 Å². The second-order valence-corrected chi connectivity index (χ2v) is 3.11. The Balaban J connectivity index is 2.39. The van der Waals surface area contributed by atoms with E-state index < -0.39 is 0 Å². The first-order chi connectivity index (χ1) is 4.84. The lowest BCUT2D eigenvalue weighted by Gasteiger charge is -2.20. The quantitative estimate of drug-likeness (QED) is 0.337. The molecule has 1 saturated carbocycles. The lowest BCUT2D eigenvalue weighted by atomic mass is 9.86. The van der Waals surface area contributed by atoms with E-state index in [1.165, 1.54) is 32.1 Å². The summed E-state index contributed by atoms with van der Waals surface area (Å²) in [5.41, 5.74) is 1.14. The molecule has 2 heteroatoms. The molecule has 0 spiro atoms. The van der Waals surface area contributed by atoms with Gasteiger partial charge in [-0.2, -0.15) is 5.10 Å². The lowest BCUT2D eigenvalue weighted by molar-refractivity contribution is 0.437. The van der Waals surface area contributed by atoms with Crippen molar-refractivity contribution in [1.29, 1.82) is 0 Å². The fraction of sp³-hybridized carbons (Fsp3) is 0.875. The van der Waals surface area contributed by atoms with Gasteiger partial charge < -0.3 is 5.84 Å². The highest BCUT2D eigenvalue weighted by Crippen LogP contribution is 2.24. The molecule has 0 heterocycles. The van der Waals surface area contributed by atoms with Gasteiger partial charge in [-0.25, -0.2) is 0 Å². The number of nitrogens with zero attached hydrogens (tertiary/aromatic N) is 1. The van der Waals surface area contributed by atoms with E-state index in [1.807, 2.05) is 6.92 Å². The third-order valence-electron chi connectivity index (χ3n) is 2.40. The molecule has 0 unspecified atom stereocenters. The van der Waals surface area contributed by atoms with Gasteiger partial charge in [0.25, 0.3) is 0 Å². The van der Waals surface area contributed by atoms with Gasteiger partial charge in [0.05, 0.1) is 0 Å². The molecule has 2 N–H and O–H groups in total. The zero-order chi connectivity index (χ0) is 7.40. The van der Waals surface area contributed by atoms with E-state index in [4.69, 9.17) is 5.84 Å². The predicted molar refractivity (Wildman–Crippen MR) is 43.9 cm³/mol.